The van der Waals surface area contributed by atoms with Crippen molar-refractivity contribution >= 4 is 15.9 Å². The molecule has 29 heavy (non-hydrogen) atoms. The Morgan fingerprint density at radius 1 is 1.17 bits per heavy atom. The molecule has 4 rings (SSSR count). The molecule has 0 spiro atoms. The molecule has 1 aromatic carbocycles. The Kier molecular flexibility index (Phi) is 4.77. The van der Waals surface area contributed by atoms with Crippen LogP contribution < -0.4 is 0 Å². The van der Waals surface area contributed by atoms with Crippen LogP contribution in [0, 0.1) is 26.7 Å². The topological polar surface area (TPSA) is 96.6 Å². The Morgan fingerprint density at radius 3 is 2.45 bits per heavy atom. The van der Waals surface area contributed by atoms with Crippen molar-refractivity contribution in [3.63, 3.8) is 0 Å². The van der Waals surface area contributed by atoms with Gasteiger partial charge in [0.05, 0.1) is 11.2 Å². The van der Waals surface area contributed by atoms with E-state index in [0.29, 0.717) is 36.9 Å². The molecule has 1 amide bonds. The maximum Gasteiger partial charge on any atom is 0.253 e. The Hall–Kier alpha value is -2.26. The molecule has 1 aromatic heterocycles. The number of fused-ring (bicyclic) bond motifs is 1. The summed E-state index contributed by atoms with van der Waals surface area (Å²) in [5.74, 6) is 0.836. The van der Waals surface area contributed by atoms with E-state index in [1.807, 2.05) is 32.0 Å². The van der Waals surface area contributed by atoms with Crippen LogP contribution in [0.3, 0.4) is 0 Å². The predicted octanol–water partition coefficient (Wildman–Crippen LogP) is 1.67. The monoisotopic (exact) mass is 418 g/mol. The lowest BCUT2D eigenvalue weighted by atomic mass is 9.81. The Balaban J connectivity index is 1.68. The average Bonchev–Trinajstić information content (AvgIpc) is 3.32. The van der Waals surface area contributed by atoms with E-state index >= 15 is 0 Å². The quantitative estimate of drug-likeness (QED) is 0.749. The van der Waals surface area contributed by atoms with E-state index in [2.05, 4.69) is 10.1 Å². The van der Waals surface area contributed by atoms with Gasteiger partial charge in [-0.25, -0.2) is 12.7 Å². The minimum absolute atomic E-state index is 0.0455. The minimum atomic E-state index is -3.34. The number of carbonyl (C=O) groups is 1. The second kappa shape index (κ2) is 6.91. The lowest BCUT2D eigenvalue weighted by Crippen LogP contribution is -2.41. The van der Waals surface area contributed by atoms with Gasteiger partial charge < -0.3 is 9.42 Å². The van der Waals surface area contributed by atoms with E-state index in [0.717, 1.165) is 11.1 Å². The van der Waals surface area contributed by atoms with Crippen LogP contribution >= 0.6 is 0 Å². The van der Waals surface area contributed by atoms with Gasteiger partial charge in [0.1, 0.15) is 0 Å². The van der Waals surface area contributed by atoms with Crippen LogP contribution in [-0.2, 0) is 15.4 Å². The van der Waals surface area contributed by atoms with Crippen LogP contribution in [0.1, 0.15) is 40.1 Å². The van der Waals surface area contributed by atoms with Gasteiger partial charge in [0.25, 0.3) is 5.91 Å². The number of benzene rings is 1. The molecular weight excluding hydrogens is 392 g/mol. The summed E-state index contributed by atoms with van der Waals surface area (Å²) in [5.41, 5.74) is 2.06. The smallest absolute Gasteiger partial charge is 0.253 e. The third-order valence-corrected chi connectivity index (χ3v) is 7.84. The fraction of sp³-hybridized carbons (Fsp3) is 0.550. The van der Waals surface area contributed by atoms with E-state index in [1.54, 1.807) is 18.7 Å². The molecule has 2 saturated heterocycles. The number of rotatable bonds is 4. The highest BCUT2D eigenvalue weighted by Crippen LogP contribution is 2.45. The molecule has 0 aliphatic carbocycles. The molecule has 2 aromatic rings. The van der Waals surface area contributed by atoms with Gasteiger partial charge in [-0.2, -0.15) is 4.98 Å². The van der Waals surface area contributed by atoms with Crippen LogP contribution in [0.2, 0.25) is 0 Å². The molecule has 2 fully saturated rings. The molecule has 156 valence electrons. The van der Waals surface area contributed by atoms with E-state index in [9.17, 15) is 13.2 Å². The first-order chi connectivity index (χ1) is 13.6. The first-order valence-corrected chi connectivity index (χ1v) is 11.4. The van der Waals surface area contributed by atoms with Crippen molar-refractivity contribution in [3.05, 3.63) is 46.6 Å². The average molecular weight is 419 g/mol. The molecule has 2 aliphatic rings. The highest BCUT2D eigenvalue weighted by molar-refractivity contribution is 7.89. The second-order valence-corrected chi connectivity index (χ2v) is 10.5. The number of hydrogen-bond donors (Lipinski definition) is 0. The second-order valence-electron chi connectivity index (χ2n) is 8.25. The number of nitrogens with zero attached hydrogens (tertiary/aromatic N) is 4. The summed E-state index contributed by atoms with van der Waals surface area (Å²) >= 11 is 0. The molecule has 2 unspecified atom stereocenters. The molecule has 8 nitrogen and oxygen atoms in total. The van der Waals surface area contributed by atoms with Crippen LogP contribution in [0.15, 0.2) is 22.7 Å². The molecule has 9 heteroatoms. The zero-order valence-corrected chi connectivity index (χ0v) is 18.0. The van der Waals surface area contributed by atoms with Crippen molar-refractivity contribution in [3.8, 4) is 0 Å². The maximum atomic E-state index is 13.2. The molecule has 0 N–H and O–H groups in total. The van der Waals surface area contributed by atoms with Crippen LogP contribution in [-0.4, -0.2) is 65.6 Å². The first kappa shape index (κ1) is 20.0. The standard InChI is InChI=1S/C20H26N4O4S/c1-5-29(26,27)24-10-17-9-23(18(25)16-7-13(2)6-14(3)8-16)11-20(17,12-24)19-21-15(4)22-28-19/h6-8,17H,5,9-12H2,1-4H3. The van der Waals surface area contributed by atoms with E-state index < -0.39 is 15.4 Å². The van der Waals surface area contributed by atoms with Crippen molar-refractivity contribution in [2.24, 2.45) is 5.92 Å². The minimum Gasteiger partial charge on any atom is -0.339 e. The predicted molar refractivity (Wildman–Crippen MR) is 107 cm³/mol. The molecular formula is C20H26N4O4S. The lowest BCUT2D eigenvalue weighted by Gasteiger charge is -2.25. The van der Waals surface area contributed by atoms with Gasteiger partial charge in [-0.3, -0.25) is 4.79 Å². The third kappa shape index (κ3) is 3.36. The fourth-order valence-electron chi connectivity index (χ4n) is 4.65. The normalized spacial score (nSPS) is 24.8. The molecule has 2 aliphatic heterocycles. The zero-order chi connectivity index (χ0) is 21.0. The molecule has 2 atom stereocenters. The summed E-state index contributed by atoms with van der Waals surface area (Å²) in [7, 11) is -3.34. The van der Waals surface area contributed by atoms with Gasteiger partial charge in [-0.05, 0) is 39.8 Å². The summed E-state index contributed by atoms with van der Waals surface area (Å²) in [6.07, 6.45) is 0. The van der Waals surface area contributed by atoms with E-state index in [1.165, 1.54) is 4.31 Å². The number of likely N-dealkylation sites (tertiary alicyclic amines) is 1. The SMILES string of the molecule is CCS(=O)(=O)N1CC2CN(C(=O)c3cc(C)cc(C)c3)CC2(c2nc(C)no2)C1. The Morgan fingerprint density at radius 2 is 1.86 bits per heavy atom. The number of sulfonamides is 1. The summed E-state index contributed by atoms with van der Waals surface area (Å²) in [5, 5.41) is 3.92. The summed E-state index contributed by atoms with van der Waals surface area (Å²) in [6.45, 7) is 8.76. The van der Waals surface area contributed by atoms with Gasteiger partial charge in [-0.15, -0.1) is 0 Å². The van der Waals surface area contributed by atoms with E-state index in [4.69, 9.17) is 4.52 Å². The van der Waals surface area contributed by atoms with Crippen molar-refractivity contribution in [1.29, 1.82) is 0 Å². The van der Waals surface area contributed by atoms with Gasteiger partial charge in [0.2, 0.25) is 15.9 Å². The number of carbonyl (C=O) groups excluding carboxylic acids is 1. The summed E-state index contributed by atoms with van der Waals surface area (Å²) < 4.78 is 32.0. The summed E-state index contributed by atoms with van der Waals surface area (Å²) in [4.78, 5) is 19.4. The number of amides is 1. The van der Waals surface area contributed by atoms with Crippen molar-refractivity contribution in [1.82, 2.24) is 19.3 Å². The Labute approximate surface area is 170 Å². The van der Waals surface area contributed by atoms with Crippen LogP contribution in [0.25, 0.3) is 0 Å². The maximum absolute atomic E-state index is 13.2. The van der Waals surface area contributed by atoms with Crippen LogP contribution in [0.4, 0.5) is 0 Å². The third-order valence-electron chi connectivity index (χ3n) is 6.05. The van der Waals surface area contributed by atoms with Gasteiger partial charge in [-0.1, -0.05) is 22.3 Å². The van der Waals surface area contributed by atoms with Crippen molar-refractivity contribution < 1.29 is 17.7 Å². The molecule has 0 saturated carbocycles. The number of aromatic nitrogens is 2. The zero-order valence-electron chi connectivity index (χ0n) is 17.2. The molecule has 3 heterocycles. The van der Waals surface area contributed by atoms with Crippen molar-refractivity contribution in [2.75, 3.05) is 31.9 Å². The number of aryl methyl sites for hydroxylation is 3. The Bertz CT molecular complexity index is 1040. The van der Waals surface area contributed by atoms with Crippen LogP contribution in [0.5, 0.6) is 0 Å². The highest BCUT2D eigenvalue weighted by Gasteiger charge is 2.59. The van der Waals surface area contributed by atoms with Gasteiger partial charge in [0, 0.05) is 37.7 Å². The van der Waals surface area contributed by atoms with Gasteiger partial charge >= 0.3 is 0 Å². The molecule has 0 bridgehead atoms. The lowest BCUT2D eigenvalue weighted by molar-refractivity contribution is 0.0772. The molecule has 0 radical (unpaired) electrons. The van der Waals surface area contributed by atoms with E-state index in [-0.39, 0.29) is 24.1 Å². The summed E-state index contributed by atoms with van der Waals surface area (Å²) in [6, 6.07) is 5.81. The van der Waals surface area contributed by atoms with Gasteiger partial charge in [0.15, 0.2) is 5.82 Å². The largest absolute Gasteiger partial charge is 0.339 e. The highest BCUT2D eigenvalue weighted by atomic mass is 32.2. The number of hydrogen-bond acceptors (Lipinski definition) is 6. The fourth-order valence-corrected chi connectivity index (χ4v) is 5.85. The van der Waals surface area contributed by atoms with Crippen molar-refractivity contribution in [2.45, 2.75) is 33.1 Å². The first-order valence-electron chi connectivity index (χ1n) is 9.81.